The predicted molar refractivity (Wildman–Crippen MR) is 110 cm³/mol. The van der Waals surface area contributed by atoms with Crippen molar-refractivity contribution in [2.45, 2.75) is 57.7 Å². The van der Waals surface area contributed by atoms with Crippen molar-refractivity contribution >= 4 is 22.4 Å². The lowest BCUT2D eigenvalue weighted by molar-refractivity contribution is 0.286. The van der Waals surface area contributed by atoms with Crippen LogP contribution >= 0.6 is 11.6 Å². The van der Waals surface area contributed by atoms with Crippen LogP contribution in [0.15, 0.2) is 30.3 Å². The normalized spacial score (nSPS) is 12.2. The van der Waals surface area contributed by atoms with Crippen LogP contribution in [-0.4, -0.2) is 25.7 Å². The molecule has 0 radical (unpaired) electrons. The van der Waals surface area contributed by atoms with Gasteiger partial charge >= 0.3 is 0 Å². The number of ether oxygens (including phenoxy) is 3. The van der Waals surface area contributed by atoms with Crippen molar-refractivity contribution in [2.24, 2.45) is 0 Å². The zero-order chi connectivity index (χ0) is 18.8. The van der Waals surface area contributed by atoms with Gasteiger partial charge in [0.25, 0.3) is 0 Å². The quantitative estimate of drug-likeness (QED) is 0.308. The van der Waals surface area contributed by atoms with E-state index >= 15 is 0 Å². The average molecular weight is 379 g/mol. The topological polar surface area (TPSA) is 27.7 Å². The maximum Gasteiger partial charge on any atom is 0.168 e. The number of alkyl halides is 1. The third kappa shape index (κ3) is 5.98. The van der Waals surface area contributed by atoms with E-state index in [0.717, 1.165) is 73.2 Å². The largest absolute Gasteiger partial charge is 0.494 e. The Bertz CT molecular complexity index is 672. The second-order valence-corrected chi connectivity index (χ2v) is 7.15. The van der Waals surface area contributed by atoms with Crippen LogP contribution in [0.3, 0.4) is 0 Å². The molecule has 26 heavy (non-hydrogen) atoms. The second-order valence-electron chi connectivity index (χ2n) is 6.53. The Kier molecular flexibility index (Phi) is 8.90. The number of rotatable bonds is 12. The van der Waals surface area contributed by atoms with Crippen LogP contribution in [0.25, 0.3) is 10.8 Å². The summed E-state index contributed by atoms with van der Waals surface area (Å²) in [6, 6.07) is 10.1. The van der Waals surface area contributed by atoms with E-state index in [9.17, 15) is 0 Å². The van der Waals surface area contributed by atoms with Gasteiger partial charge in [0, 0.05) is 10.8 Å². The third-order valence-corrected chi connectivity index (χ3v) is 5.02. The number of fused-ring (bicyclic) bond motifs is 1. The summed E-state index contributed by atoms with van der Waals surface area (Å²) in [6.45, 7) is 5.71. The van der Waals surface area contributed by atoms with Crippen LogP contribution in [0.2, 0.25) is 0 Å². The molecule has 0 aliphatic heterocycles. The van der Waals surface area contributed by atoms with Gasteiger partial charge < -0.3 is 14.2 Å². The fraction of sp³-hybridized carbons (Fsp3) is 0.545. The summed E-state index contributed by atoms with van der Waals surface area (Å²) in [4.78, 5) is 0. The Hall–Kier alpha value is -1.61. The van der Waals surface area contributed by atoms with Crippen molar-refractivity contribution in [1.29, 1.82) is 0 Å². The molecule has 0 heterocycles. The number of hydrogen-bond acceptors (Lipinski definition) is 3. The van der Waals surface area contributed by atoms with Crippen LogP contribution in [-0.2, 0) is 0 Å². The summed E-state index contributed by atoms with van der Waals surface area (Å²) in [5.74, 6) is 2.47. The maximum absolute atomic E-state index is 6.16. The van der Waals surface area contributed by atoms with Gasteiger partial charge in [-0.1, -0.05) is 26.3 Å². The molecule has 2 aromatic rings. The SMILES string of the molecule is CCCCOc1ccc2c(OC)c(OCCCCC(Cl)CC)ccc2c1. The van der Waals surface area contributed by atoms with Crippen molar-refractivity contribution in [2.75, 3.05) is 20.3 Å². The fourth-order valence-electron chi connectivity index (χ4n) is 2.86. The Balaban J connectivity index is 2.00. The molecule has 144 valence electrons. The van der Waals surface area contributed by atoms with Gasteiger partial charge in [0.05, 0.1) is 20.3 Å². The minimum absolute atomic E-state index is 0.277. The maximum atomic E-state index is 6.16. The van der Waals surface area contributed by atoms with Gasteiger partial charge in [-0.05, 0) is 61.8 Å². The summed E-state index contributed by atoms with van der Waals surface area (Å²) in [7, 11) is 1.69. The number of halogens is 1. The Morgan fingerprint density at radius 2 is 1.77 bits per heavy atom. The standard InChI is InChI=1S/C22H31ClO3/c1-4-6-14-25-19-11-12-20-17(16-19)10-13-21(22(20)24-3)26-15-8-7-9-18(23)5-2/h10-13,16,18H,4-9,14-15H2,1-3H3. The second kappa shape index (κ2) is 11.2. The highest BCUT2D eigenvalue weighted by molar-refractivity contribution is 6.20. The molecule has 0 amide bonds. The molecule has 0 spiro atoms. The molecule has 0 aliphatic rings. The molecular formula is C22H31ClO3. The molecule has 2 rings (SSSR count). The number of methoxy groups -OCH3 is 1. The molecule has 1 atom stereocenters. The summed E-state index contributed by atoms with van der Waals surface area (Å²) < 4.78 is 17.4. The number of hydrogen-bond donors (Lipinski definition) is 0. The lowest BCUT2D eigenvalue weighted by Gasteiger charge is -2.14. The molecule has 3 nitrogen and oxygen atoms in total. The molecule has 1 unspecified atom stereocenters. The third-order valence-electron chi connectivity index (χ3n) is 4.49. The number of unbranched alkanes of at least 4 members (excludes halogenated alkanes) is 2. The van der Waals surface area contributed by atoms with Crippen molar-refractivity contribution in [3.8, 4) is 17.2 Å². The molecular weight excluding hydrogens is 348 g/mol. The zero-order valence-electron chi connectivity index (χ0n) is 16.2. The molecule has 0 bridgehead atoms. The minimum Gasteiger partial charge on any atom is -0.494 e. The average Bonchev–Trinajstić information content (AvgIpc) is 2.67. The van der Waals surface area contributed by atoms with Gasteiger partial charge in [-0.15, -0.1) is 11.6 Å². The van der Waals surface area contributed by atoms with Crippen LogP contribution in [0.5, 0.6) is 17.2 Å². The summed E-state index contributed by atoms with van der Waals surface area (Å²) in [5.41, 5.74) is 0. The van der Waals surface area contributed by atoms with Crippen LogP contribution in [0.1, 0.15) is 52.4 Å². The minimum atomic E-state index is 0.277. The molecule has 2 aromatic carbocycles. The van der Waals surface area contributed by atoms with Gasteiger partial charge in [-0.25, -0.2) is 0 Å². The molecule has 0 saturated heterocycles. The summed E-state index contributed by atoms with van der Waals surface area (Å²) >= 11 is 6.16. The zero-order valence-corrected chi connectivity index (χ0v) is 17.0. The summed E-state index contributed by atoms with van der Waals surface area (Å²) in [6.07, 6.45) is 6.33. The molecule has 0 aromatic heterocycles. The smallest absolute Gasteiger partial charge is 0.168 e. The monoisotopic (exact) mass is 378 g/mol. The first-order chi connectivity index (χ1) is 12.7. The molecule has 4 heteroatoms. The van der Waals surface area contributed by atoms with Crippen LogP contribution < -0.4 is 14.2 Å². The van der Waals surface area contributed by atoms with Crippen molar-refractivity contribution < 1.29 is 14.2 Å². The first-order valence-electron chi connectivity index (χ1n) is 9.70. The van der Waals surface area contributed by atoms with E-state index in [1.807, 2.05) is 18.2 Å². The number of benzene rings is 2. The van der Waals surface area contributed by atoms with Crippen LogP contribution in [0, 0.1) is 0 Å². The van der Waals surface area contributed by atoms with Crippen LogP contribution in [0.4, 0.5) is 0 Å². The highest BCUT2D eigenvalue weighted by Crippen LogP contribution is 2.37. The first-order valence-corrected chi connectivity index (χ1v) is 10.1. The van der Waals surface area contributed by atoms with Crippen molar-refractivity contribution in [3.63, 3.8) is 0 Å². The fourth-order valence-corrected chi connectivity index (χ4v) is 3.02. The van der Waals surface area contributed by atoms with E-state index in [4.69, 9.17) is 25.8 Å². The van der Waals surface area contributed by atoms with E-state index in [1.54, 1.807) is 7.11 Å². The lowest BCUT2D eigenvalue weighted by Crippen LogP contribution is -2.02. The van der Waals surface area contributed by atoms with E-state index in [0.29, 0.717) is 6.61 Å². The highest BCUT2D eigenvalue weighted by atomic mass is 35.5. The first kappa shape index (κ1) is 20.7. The van der Waals surface area contributed by atoms with E-state index in [1.165, 1.54) is 0 Å². The predicted octanol–water partition coefficient (Wildman–Crippen LogP) is 6.59. The van der Waals surface area contributed by atoms with Gasteiger partial charge in [-0.2, -0.15) is 0 Å². The van der Waals surface area contributed by atoms with Gasteiger partial charge in [0.2, 0.25) is 0 Å². The lowest BCUT2D eigenvalue weighted by atomic mass is 10.1. The molecule has 0 saturated carbocycles. The van der Waals surface area contributed by atoms with Gasteiger partial charge in [0.15, 0.2) is 11.5 Å². The molecule has 0 fully saturated rings. The van der Waals surface area contributed by atoms with Gasteiger partial charge in [-0.3, -0.25) is 0 Å². The molecule has 0 aliphatic carbocycles. The van der Waals surface area contributed by atoms with E-state index in [-0.39, 0.29) is 5.38 Å². The Morgan fingerprint density at radius 3 is 2.50 bits per heavy atom. The van der Waals surface area contributed by atoms with E-state index in [2.05, 4.69) is 26.0 Å². The highest BCUT2D eigenvalue weighted by Gasteiger charge is 2.11. The Morgan fingerprint density at radius 1 is 0.962 bits per heavy atom. The van der Waals surface area contributed by atoms with E-state index < -0.39 is 0 Å². The van der Waals surface area contributed by atoms with Crippen molar-refractivity contribution in [1.82, 2.24) is 0 Å². The Labute approximate surface area is 162 Å². The summed E-state index contributed by atoms with van der Waals surface area (Å²) in [5, 5.41) is 2.41. The molecule has 0 N–H and O–H groups in total. The van der Waals surface area contributed by atoms with Crippen molar-refractivity contribution in [3.05, 3.63) is 30.3 Å². The van der Waals surface area contributed by atoms with Gasteiger partial charge in [0.1, 0.15) is 5.75 Å².